The van der Waals surface area contributed by atoms with Gasteiger partial charge in [-0.05, 0) is 38.9 Å². The normalized spacial score (nSPS) is 34.6. The lowest BCUT2D eigenvalue weighted by Gasteiger charge is -2.32. The van der Waals surface area contributed by atoms with Crippen LogP contribution in [0, 0.1) is 11.8 Å². The van der Waals surface area contributed by atoms with Crippen LogP contribution in [0.3, 0.4) is 0 Å². The molecular formula is C22H36N4O2. The third-order valence-electron chi connectivity index (χ3n) is 7.12. The lowest BCUT2D eigenvalue weighted by molar-refractivity contribution is 0.133. The third kappa shape index (κ3) is 3.94. The smallest absolute Gasteiger partial charge is 0.124 e. The van der Waals surface area contributed by atoms with Crippen molar-refractivity contribution in [3.63, 3.8) is 0 Å². The average molecular weight is 389 g/mol. The first-order chi connectivity index (χ1) is 13.5. The molecule has 1 aromatic carbocycles. The van der Waals surface area contributed by atoms with Crippen LogP contribution < -0.4 is 10.1 Å². The van der Waals surface area contributed by atoms with Gasteiger partial charge >= 0.3 is 0 Å². The van der Waals surface area contributed by atoms with Crippen molar-refractivity contribution in [1.29, 1.82) is 0 Å². The number of aliphatic hydroxyl groups is 1. The van der Waals surface area contributed by atoms with E-state index in [1.165, 1.54) is 5.56 Å². The fourth-order valence-electron chi connectivity index (χ4n) is 5.31. The van der Waals surface area contributed by atoms with E-state index in [0.717, 1.165) is 58.2 Å². The SMILES string of the molecule is CN1CCN(CCOc2ccccc2C2NC(C)(CO)C3CN(C)CC23)CC1. The van der Waals surface area contributed by atoms with Gasteiger partial charge in [0.1, 0.15) is 12.4 Å². The van der Waals surface area contributed by atoms with E-state index in [-0.39, 0.29) is 18.2 Å². The Morgan fingerprint density at radius 2 is 1.86 bits per heavy atom. The van der Waals surface area contributed by atoms with Crippen molar-refractivity contribution < 1.29 is 9.84 Å². The van der Waals surface area contributed by atoms with Gasteiger partial charge in [-0.15, -0.1) is 0 Å². The monoisotopic (exact) mass is 388 g/mol. The minimum absolute atomic E-state index is 0.172. The van der Waals surface area contributed by atoms with Crippen molar-refractivity contribution in [2.45, 2.75) is 18.5 Å². The Labute approximate surface area is 169 Å². The molecule has 3 saturated heterocycles. The lowest BCUT2D eigenvalue weighted by Crippen LogP contribution is -2.47. The van der Waals surface area contributed by atoms with Gasteiger partial charge in [0.25, 0.3) is 0 Å². The van der Waals surface area contributed by atoms with Crippen molar-refractivity contribution in [3.05, 3.63) is 29.8 Å². The summed E-state index contributed by atoms with van der Waals surface area (Å²) in [5.41, 5.74) is 1.01. The Bertz CT molecular complexity index is 664. The third-order valence-corrected chi connectivity index (χ3v) is 7.12. The number of hydrogen-bond acceptors (Lipinski definition) is 6. The highest BCUT2D eigenvalue weighted by molar-refractivity contribution is 5.38. The van der Waals surface area contributed by atoms with Gasteiger partial charge in [0.15, 0.2) is 0 Å². The molecule has 0 radical (unpaired) electrons. The van der Waals surface area contributed by atoms with E-state index in [2.05, 4.69) is 65.3 Å². The van der Waals surface area contributed by atoms with E-state index in [1.807, 2.05) is 0 Å². The molecule has 3 aliphatic rings. The Kier molecular flexibility index (Phi) is 5.95. The standard InChI is InChI=1S/C22H36N4O2/c1-22(16-27)19-15-25(3)14-18(19)21(23-22)17-6-4-5-7-20(17)28-13-12-26-10-8-24(2)9-11-26/h4-7,18-19,21,23,27H,8-16H2,1-3H3. The fraction of sp³-hybridized carbons (Fsp3) is 0.727. The number of hydrogen-bond donors (Lipinski definition) is 2. The van der Waals surface area contributed by atoms with Gasteiger partial charge in [-0.1, -0.05) is 18.2 Å². The number of likely N-dealkylation sites (tertiary alicyclic amines) is 1. The predicted molar refractivity (Wildman–Crippen MR) is 112 cm³/mol. The molecule has 4 rings (SSSR count). The summed E-state index contributed by atoms with van der Waals surface area (Å²) < 4.78 is 6.28. The highest BCUT2D eigenvalue weighted by Gasteiger charge is 2.54. The Morgan fingerprint density at radius 1 is 1.11 bits per heavy atom. The van der Waals surface area contributed by atoms with E-state index < -0.39 is 0 Å². The zero-order valence-electron chi connectivity index (χ0n) is 17.6. The molecule has 3 aliphatic heterocycles. The molecule has 0 aromatic heterocycles. The fourth-order valence-corrected chi connectivity index (χ4v) is 5.31. The summed E-state index contributed by atoms with van der Waals surface area (Å²) in [7, 11) is 4.37. The highest BCUT2D eigenvalue weighted by atomic mass is 16.5. The van der Waals surface area contributed by atoms with Crippen LogP contribution in [0.15, 0.2) is 24.3 Å². The zero-order valence-corrected chi connectivity index (χ0v) is 17.6. The summed E-state index contributed by atoms with van der Waals surface area (Å²) in [6.45, 7) is 10.7. The molecule has 0 saturated carbocycles. The number of likely N-dealkylation sites (N-methyl/N-ethyl adjacent to an activating group) is 1. The van der Waals surface area contributed by atoms with Crippen molar-refractivity contribution >= 4 is 0 Å². The predicted octanol–water partition coefficient (Wildman–Crippen LogP) is 0.886. The van der Waals surface area contributed by atoms with Gasteiger partial charge in [-0.2, -0.15) is 0 Å². The zero-order chi connectivity index (χ0) is 19.7. The van der Waals surface area contributed by atoms with E-state index in [0.29, 0.717) is 11.8 Å². The van der Waals surface area contributed by atoms with Crippen LogP contribution in [0.25, 0.3) is 0 Å². The molecule has 0 aliphatic carbocycles. The first kappa shape index (κ1) is 20.1. The van der Waals surface area contributed by atoms with Gasteiger partial charge in [0, 0.05) is 63.0 Å². The van der Waals surface area contributed by atoms with Crippen LogP contribution in [0.1, 0.15) is 18.5 Å². The number of para-hydroxylation sites is 1. The maximum absolute atomic E-state index is 10.1. The van der Waals surface area contributed by atoms with Crippen molar-refractivity contribution in [2.75, 3.05) is 73.1 Å². The molecule has 28 heavy (non-hydrogen) atoms. The van der Waals surface area contributed by atoms with Gasteiger partial charge in [0.05, 0.1) is 6.61 Å². The van der Waals surface area contributed by atoms with E-state index in [4.69, 9.17) is 4.74 Å². The average Bonchev–Trinajstić information content (AvgIpc) is 3.21. The van der Waals surface area contributed by atoms with Crippen molar-refractivity contribution in [1.82, 2.24) is 20.0 Å². The van der Waals surface area contributed by atoms with Crippen LogP contribution in [0.5, 0.6) is 5.75 Å². The first-order valence-corrected chi connectivity index (χ1v) is 10.7. The second kappa shape index (κ2) is 8.28. The number of nitrogens with zero attached hydrogens (tertiary/aromatic N) is 3. The Morgan fingerprint density at radius 3 is 2.61 bits per heavy atom. The maximum atomic E-state index is 10.1. The molecule has 4 unspecified atom stereocenters. The number of benzene rings is 1. The molecule has 0 bridgehead atoms. The molecule has 4 atom stereocenters. The molecule has 6 heteroatoms. The number of rotatable bonds is 6. The van der Waals surface area contributed by atoms with Crippen molar-refractivity contribution in [3.8, 4) is 5.75 Å². The molecule has 1 aromatic rings. The second-order valence-corrected chi connectivity index (χ2v) is 9.22. The van der Waals surface area contributed by atoms with Gasteiger partial charge in [-0.3, -0.25) is 4.90 Å². The van der Waals surface area contributed by atoms with Crippen LogP contribution in [-0.2, 0) is 0 Å². The van der Waals surface area contributed by atoms with Crippen LogP contribution in [0.2, 0.25) is 0 Å². The quantitative estimate of drug-likeness (QED) is 0.755. The van der Waals surface area contributed by atoms with Crippen LogP contribution >= 0.6 is 0 Å². The largest absolute Gasteiger partial charge is 0.492 e. The van der Waals surface area contributed by atoms with Crippen LogP contribution in [-0.4, -0.2) is 98.5 Å². The summed E-state index contributed by atoms with van der Waals surface area (Å²) in [6, 6.07) is 8.69. The van der Waals surface area contributed by atoms with Gasteiger partial charge in [0.2, 0.25) is 0 Å². The minimum atomic E-state index is -0.229. The summed E-state index contributed by atoms with van der Waals surface area (Å²) in [6.07, 6.45) is 0. The number of fused-ring (bicyclic) bond motifs is 1. The molecule has 0 spiro atoms. The van der Waals surface area contributed by atoms with E-state index in [9.17, 15) is 5.11 Å². The lowest BCUT2D eigenvalue weighted by atomic mass is 9.81. The molecular weight excluding hydrogens is 352 g/mol. The summed E-state index contributed by atoms with van der Waals surface area (Å²) >= 11 is 0. The number of ether oxygens (including phenoxy) is 1. The molecule has 3 heterocycles. The summed E-state index contributed by atoms with van der Waals surface area (Å²) in [5.74, 6) is 1.96. The number of piperazine rings is 1. The molecule has 6 nitrogen and oxygen atoms in total. The molecule has 2 N–H and O–H groups in total. The van der Waals surface area contributed by atoms with Crippen LogP contribution in [0.4, 0.5) is 0 Å². The Hall–Kier alpha value is -1.18. The highest BCUT2D eigenvalue weighted by Crippen LogP contribution is 2.48. The van der Waals surface area contributed by atoms with Crippen molar-refractivity contribution in [2.24, 2.45) is 11.8 Å². The van der Waals surface area contributed by atoms with E-state index in [1.54, 1.807) is 0 Å². The Balaban J connectivity index is 1.44. The maximum Gasteiger partial charge on any atom is 0.124 e. The molecule has 3 fully saturated rings. The topological polar surface area (TPSA) is 51.2 Å². The minimum Gasteiger partial charge on any atom is -0.492 e. The summed E-state index contributed by atoms with van der Waals surface area (Å²) in [4.78, 5) is 7.26. The first-order valence-electron chi connectivity index (χ1n) is 10.7. The number of nitrogens with one attached hydrogen (secondary N) is 1. The van der Waals surface area contributed by atoms with Gasteiger partial charge < -0.3 is 25.0 Å². The second-order valence-electron chi connectivity index (χ2n) is 9.22. The van der Waals surface area contributed by atoms with E-state index >= 15 is 0 Å². The molecule has 0 amide bonds. The summed E-state index contributed by atoms with van der Waals surface area (Å²) in [5, 5.41) is 13.8. The molecule has 156 valence electrons. The number of aliphatic hydroxyl groups excluding tert-OH is 1. The van der Waals surface area contributed by atoms with Gasteiger partial charge in [-0.25, -0.2) is 0 Å².